The maximum Gasteiger partial charge on any atom is 0.341 e. The highest BCUT2D eigenvalue weighted by Crippen LogP contribution is 2.28. The minimum Gasteiger partial charge on any atom is -0.477 e. The summed E-state index contributed by atoms with van der Waals surface area (Å²) in [4.78, 5) is 24.5. The number of halogens is 2. The van der Waals surface area contributed by atoms with Crippen LogP contribution in [0.25, 0.3) is 11.3 Å². The van der Waals surface area contributed by atoms with E-state index in [1.807, 2.05) is 13.0 Å². The van der Waals surface area contributed by atoms with Gasteiger partial charge in [-0.25, -0.2) is 4.79 Å². The number of carboxylic acids is 1. The fourth-order valence-corrected chi connectivity index (χ4v) is 3.36. The lowest BCUT2D eigenvalue weighted by atomic mass is 10.0. The molecule has 0 amide bonds. The summed E-state index contributed by atoms with van der Waals surface area (Å²) in [5, 5.41) is 23.6. The number of benzene rings is 1. The average molecular weight is 417 g/mol. The molecule has 1 N–H and O–H groups in total. The lowest BCUT2D eigenvalue weighted by Crippen LogP contribution is -2.24. The van der Waals surface area contributed by atoms with Crippen molar-refractivity contribution in [1.29, 1.82) is 5.26 Å². The molecule has 3 aromatic rings. The first-order valence-corrected chi connectivity index (χ1v) is 9.00. The Morgan fingerprint density at radius 3 is 2.61 bits per heavy atom. The van der Waals surface area contributed by atoms with E-state index < -0.39 is 11.4 Å². The first-order valence-electron chi connectivity index (χ1n) is 8.24. The molecule has 0 saturated heterocycles. The van der Waals surface area contributed by atoms with Crippen molar-refractivity contribution in [1.82, 2.24) is 14.3 Å². The number of hydrogen-bond acceptors (Lipinski definition) is 4. The van der Waals surface area contributed by atoms with E-state index in [9.17, 15) is 20.0 Å². The largest absolute Gasteiger partial charge is 0.477 e. The van der Waals surface area contributed by atoms with Crippen LogP contribution in [0.15, 0.2) is 41.3 Å². The average Bonchev–Trinajstić information content (AvgIpc) is 3.06. The van der Waals surface area contributed by atoms with Crippen molar-refractivity contribution in [3.63, 3.8) is 0 Å². The van der Waals surface area contributed by atoms with Gasteiger partial charge in [-0.1, -0.05) is 29.3 Å². The zero-order valence-electron chi connectivity index (χ0n) is 14.7. The fraction of sp³-hybridized carbons (Fsp3) is 0.158. The predicted molar refractivity (Wildman–Crippen MR) is 105 cm³/mol. The van der Waals surface area contributed by atoms with Crippen LogP contribution in [0.1, 0.15) is 28.5 Å². The van der Waals surface area contributed by atoms with Gasteiger partial charge in [0.2, 0.25) is 0 Å². The molecule has 0 bridgehead atoms. The van der Waals surface area contributed by atoms with Crippen LogP contribution in [-0.2, 0) is 13.1 Å². The molecule has 142 valence electrons. The van der Waals surface area contributed by atoms with Crippen molar-refractivity contribution in [2.45, 2.75) is 20.0 Å². The Labute approximate surface area is 170 Å². The summed E-state index contributed by atoms with van der Waals surface area (Å²) < 4.78 is 3.26. The molecular formula is C19H14Cl2N4O3. The minimum atomic E-state index is -1.34. The summed E-state index contributed by atoms with van der Waals surface area (Å²) in [7, 11) is 0. The molecule has 28 heavy (non-hydrogen) atoms. The number of nitriles is 1. The van der Waals surface area contributed by atoms with Gasteiger partial charge < -0.3 is 9.67 Å². The van der Waals surface area contributed by atoms with E-state index in [4.69, 9.17) is 23.2 Å². The summed E-state index contributed by atoms with van der Waals surface area (Å²) in [6, 6.07) is 9.44. The van der Waals surface area contributed by atoms with Gasteiger partial charge in [-0.2, -0.15) is 10.4 Å². The lowest BCUT2D eigenvalue weighted by molar-refractivity contribution is 0.0695. The quantitative estimate of drug-likeness (QED) is 0.683. The first-order chi connectivity index (χ1) is 13.3. The second-order valence-electron chi connectivity index (χ2n) is 5.92. The van der Waals surface area contributed by atoms with Crippen LogP contribution in [0, 0.1) is 11.3 Å². The van der Waals surface area contributed by atoms with Crippen molar-refractivity contribution in [2.75, 3.05) is 0 Å². The van der Waals surface area contributed by atoms with Gasteiger partial charge in [-0.3, -0.25) is 9.48 Å². The molecule has 0 saturated carbocycles. The third-order valence-electron chi connectivity index (χ3n) is 4.22. The SMILES string of the molecule is CCn1c(Cn2ccc(Cl)n2)cc(=O)c(C(=O)O)c1-c1ccc(Cl)c(C#N)c1. The van der Waals surface area contributed by atoms with E-state index in [1.54, 1.807) is 27.6 Å². The molecule has 3 rings (SSSR count). The summed E-state index contributed by atoms with van der Waals surface area (Å²) in [5.41, 5.74) is 0.376. The predicted octanol–water partition coefficient (Wildman–Crippen LogP) is 3.66. The molecule has 7 nitrogen and oxygen atoms in total. The van der Waals surface area contributed by atoms with E-state index in [1.165, 1.54) is 18.2 Å². The topological polar surface area (TPSA) is 101 Å². The number of rotatable bonds is 5. The van der Waals surface area contributed by atoms with Crippen molar-refractivity contribution in [3.05, 3.63) is 73.7 Å². The molecule has 0 aliphatic rings. The van der Waals surface area contributed by atoms with E-state index in [0.717, 1.165) is 0 Å². The second-order valence-corrected chi connectivity index (χ2v) is 6.71. The number of hydrogen-bond donors (Lipinski definition) is 1. The molecule has 9 heteroatoms. The Balaban J connectivity index is 2.31. The molecular weight excluding hydrogens is 403 g/mol. The Morgan fingerprint density at radius 1 is 1.29 bits per heavy atom. The van der Waals surface area contributed by atoms with Crippen molar-refractivity contribution in [3.8, 4) is 17.3 Å². The van der Waals surface area contributed by atoms with Crippen LogP contribution in [0.3, 0.4) is 0 Å². The van der Waals surface area contributed by atoms with Gasteiger partial charge in [0.05, 0.1) is 22.8 Å². The van der Waals surface area contributed by atoms with Gasteiger partial charge in [0.15, 0.2) is 10.6 Å². The smallest absolute Gasteiger partial charge is 0.341 e. The molecule has 0 aliphatic carbocycles. The Kier molecular flexibility index (Phi) is 5.54. The third-order valence-corrected chi connectivity index (χ3v) is 4.75. The second kappa shape index (κ2) is 7.89. The number of aromatic nitrogens is 3. The monoisotopic (exact) mass is 416 g/mol. The number of nitrogens with zero attached hydrogens (tertiary/aromatic N) is 4. The van der Waals surface area contributed by atoms with E-state index in [2.05, 4.69) is 5.10 Å². The molecule has 0 fully saturated rings. The highest BCUT2D eigenvalue weighted by molar-refractivity contribution is 6.31. The van der Waals surface area contributed by atoms with Crippen LogP contribution in [0.4, 0.5) is 0 Å². The highest BCUT2D eigenvalue weighted by atomic mass is 35.5. The molecule has 0 aliphatic heterocycles. The molecule has 0 atom stereocenters. The first kappa shape index (κ1) is 19.7. The fourth-order valence-electron chi connectivity index (χ4n) is 3.04. The number of carboxylic acid groups (broad SMARTS) is 1. The van der Waals surface area contributed by atoms with Crippen LogP contribution < -0.4 is 5.43 Å². The standard InChI is InChI=1S/C19H14Cl2N4O3/c1-2-25-13(10-24-6-5-16(21)23-24)8-15(26)17(19(27)28)18(25)11-3-4-14(20)12(7-11)9-22/h3-8H,2,10H2,1H3,(H,27,28). The Bertz CT molecular complexity index is 1170. The summed E-state index contributed by atoms with van der Waals surface area (Å²) in [6.45, 7) is 2.45. The van der Waals surface area contributed by atoms with E-state index in [0.29, 0.717) is 23.0 Å². The summed E-state index contributed by atoms with van der Waals surface area (Å²) >= 11 is 11.9. The van der Waals surface area contributed by atoms with E-state index in [-0.39, 0.29) is 28.4 Å². The van der Waals surface area contributed by atoms with Crippen LogP contribution >= 0.6 is 23.2 Å². The summed E-state index contributed by atoms with van der Waals surface area (Å²) in [6.07, 6.45) is 1.66. The molecule has 0 spiro atoms. The normalized spacial score (nSPS) is 10.6. The van der Waals surface area contributed by atoms with Crippen molar-refractivity contribution in [2.24, 2.45) is 0 Å². The van der Waals surface area contributed by atoms with Gasteiger partial charge in [-0.05, 0) is 25.1 Å². The number of aromatic carboxylic acids is 1. The molecule has 0 radical (unpaired) electrons. The van der Waals surface area contributed by atoms with Crippen LogP contribution in [0.5, 0.6) is 0 Å². The van der Waals surface area contributed by atoms with Crippen LogP contribution in [0.2, 0.25) is 10.2 Å². The Hall–Kier alpha value is -3.08. The molecule has 0 unspecified atom stereocenters. The zero-order valence-corrected chi connectivity index (χ0v) is 16.2. The van der Waals surface area contributed by atoms with Crippen molar-refractivity contribution < 1.29 is 9.90 Å². The zero-order chi connectivity index (χ0) is 20.4. The van der Waals surface area contributed by atoms with Gasteiger partial charge in [-0.15, -0.1) is 0 Å². The van der Waals surface area contributed by atoms with E-state index >= 15 is 0 Å². The maximum atomic E-state index is 12.6. The maximum absolute atomic E-state index is 12.6. The number of carbonyl (C=O) groups is 1. The third kappa shape index (κ3) is 3.65. The molecule has 2 aromatic heterocycles. The van der Waals surface area contributed by atoms with Gasteiger partial charge in [0.25, 0.3) is 0 Å². The van der Waals surface area contributed by atoms with Crippen molar-refractivity contribution >= 4 is 29.2 Å². The van der Waals surface area contributed by atoms with Gasteiger partial charge >= 0.3 is 5.97 Å². The molecule has 2 heterocycles. The number of pyridine rings is 1. The highest BCUT2D eigenvalue weighted by Gasteiger charge is 2.22. The van der Waals surface area contributed by atoms with Gasteiger partial charge in [0.1, 0.15) is 11.6 Å². The minimum absolute atomic E-state index is 0.190. The van der Waals surface area contributed by atoms with Crippen LogP contribution in [-0.4, -0.2) is 25.4 Å². The Morgan fingerprint density at radius 2 is 2.04 bits per heavy atom. The summed E-state index contributed by atoms with van der Waals surface area (Å²) in [5.74, 6) is -1.34. The molecule has 1 aromatic carbocycles. The van der Waals surface area contributed by atoms with Gasteiger partial charge in [0, 0.05) is 30.1 Å². The lowest BCUT2D eigenvalue weighted by Gasteiger charge is -2.20.